The highest BCUT2D eigenvalue weighted by Crippen LogP contribution is 2.21. The second-order valence-electron chi connectivity index (χ2n) is 5.80. The first kappa shape index (κ1) is 15.0. The molecule has 20 heavy (non-hydrogen) atoms. The zero-order chi connectivity index (χ0) is 14.7. The number of benzene rings is 1. The summed E-state index contributed by atoms with van der Waals surface area (Å²) in [4.78, 5) is 15.5. The molecule has 2 rings (SSSR count). The largest absolute Gasteiger partial charge is 0.392 e. The lowest BCUT2D eigenvalue weighted by molar-refractivity contribution is 0.1000. The predicted octanol–water partition coefficient (Wildman–Crippen LogP) is 0.282. The number of aliphatic hydroxyl groups is 1. The molecule has 110 valence electrons. The summed E-state index contributed by atoms with van der Waals surface area (Å²) in [6, 6.07) is 7.74. The summed E-state index contributed by atoms with van der Waals surface area (Å²) in [6.07, 6.45) is 0.571. The first-order valence-electron chi connectivity index (χ1n) is 6.91. The van der Waals surface area contributed by atoms with Crippen LogP contribution in [0, 0.1) is 0 Å². The van der Waals surface area contributed by atoms with Crippen molar-refractivity contribution >= 4 is 5.91 Å². The molecule has 0 radical (unpaired) electrons. The lowest BCUT2D eigenvalue weighted by atomic mass is 10.1. The Morgan fingerprint density at radius 3 is 2.60 bits per heavy atom. The van der Waals surface area contributed by atoms with Crippen molar-refractivity contribution in [1.29, 1.82) is 0 Å². The third-order valence-corrected chi connectivity index (χ3v) is 3.71. The molecule has 0 saturated carbocycles. The number of carbonyl (C=O) groups is 1. The maximum atomic E-state index is 11.0. The summed E-state index contributed by atoms with van der Waals surface area (Å²) in [7, 11) is 4.09. The molecular formula is C15H23N3O2. The minimum Gasteiger partial charge on any atom is -0.392 e. The van der Waals surface area contributed by atoms with E-state index < -0.39 is 5.91 Å². The summed E-state index contributed by atoms with van der Waals surface area (Å²) in [5.41, 5.74) is 6.89. The molecule has 1 fully saturated rings. The van der Waals surface area contributed by atoms with Gasteiger partial charge in [0.2, 0.25) is 5.91 Å². The molecule has 2 atom stereocenters. The number of nitrogens with two attached hydrogens (primary N) is 1. The monoisotopic (exact) mass is 277 g/mol. The fraction of sp³-hybridized carbons (Fsp3) is 0.533. The smallest absolute Gasteiger partial charge is 0.248 e. The van der Waals surface area contributed by atoms with E-state index >= 15 is 0 Å². The van der Waals surface area contributed by atoms with Crippen LogP contribution in [-0.4, -0.2) is 60.1 Å². The maximum Gasteiger partial charge on any atom is 0.248 e. The van der Waals surface area contributed by atoms with Gasteiger partial charge in [-0.2, -0.15) is 0 Å². The Kier molecular flexibility index (Phi) is 4.75. The van der Waals surface area contributed by atoms with Crippen molar-refractivity contribution in [2.45, 2.75) is 25.1 Å². The lowest BCUT2D eigenvalue weighted by Gasteiger charge is -2.26. The molecule has 0 spiro atoms. The number of β-amino-alcohol motifs (C(OH)–C–C–N with tert-alkyl or cyclic N) is 1. The summed E-state index contributed by atoms with van der Waals surface area (Å²) in [5.74, 6) is -0.404. The average molecular weight is 277 g/mol. The van der Waals surface area contributed by atoms with E-state index in [2.05, 4.69) is 9.80 Å². The number of amides is 1. The molecule has 1 heterocycles. The third kappa shape index (κ3) is 3.79. The maximum absolute atomic E-state index is 11.0. The highest BCUT2D eigenvalue weighted by molar-refractivity contribution is 5.92. The standard InChI is InChI=1S/C15H23N3O2/c1-17(2)9-13-7-14(19)10-18(13)8-11-3-5-12(6-4-11)15(16)20/h3-6,13-14,19H,7-10H2,1-2H3,(H2,16,20). The van der Waals surface area contributed by atoms with Gasteiger partial charge in [0.1, 0.15) is 0 Å². The van der Waals surface area contributed by atoms with Gasteiger partial charge < -0.3 is 15.7 Å². The molecule has 1 aliphatic heterocycles. The molecule has 5 heteroatoms. The first-order valence-corrected chi connectivity index (χ1v) is 6.91. The number of carbonyl (C=O) groups excluding carboxylic acids is 1. The number of rotatable bonds is 5. The van der Waals surface area contributed by atoms with Crippen LogP contribution in [0.4, 0.5) is 0 Å². The Hall–Kier alpha value is -1.43. The van der Waals surface area contributed by atoms with E-state index in [0.29, 0.717) is 18.2 Å². The van der Waals surface area contributed by atoms with Crippen LogP contribution in [0.5, 0.6) is 0 Å². The number of nitrogens with zero attached hydrogens (tertiary/aromatic N) is 2. The SMILES string of the molecule is CN(C)CC1CC(O)CN1Cc1ccc(C(N)=O)cc1. The molecule has 1 aliphatic rings. The van der Waals surface area contributed by atoms with Crippen LogP contribution in [0.2, 0.25) is 0 Å². The van der Waals surface area contributed by atoms with Gasteiger partial charge in [-0.25, -0.2) is 0 Å². The van der Waals surface area contributed by atoms with Crippen LogP contribution in [0.25, 0.3) is 0 Å². The number of hydrogen-bond acceptors (Lipinski definition) is 4. The third-order valence-electron chi connectivity index (χ3n) is 3.71. The summed E-state index contributed by atoms with van der Waals surface area (Å²) in [6.45, 7) is 2.43. The van der Waals surface area contributed by atoms with Gasteiger partial charge in [-0.05, 0) is 38.2 Å². The molecule has 5 nitrogen and oxygen atoms in total. The van der Waals surface area contributed by atoms with Crippen LogP contribution in [0.15, 0.2) is 24.3 Å². The number of likely N-dealkylation sites (N-methyl/N-ethyl adjacent to an activating group) is 1. The van der Waals surface area contributed by atoms with Crippen LogP contribution in [0.3, 0.4) is 0 Å². The van der Waals surface area contributed by atoms with Crippen molar-refractivity contribution in [3.8, 4) is 0 Å². The molecule has 1 saturated heterocycles. The normalized spacial score (nSPS) is 23.4. The van der Waals surface area contributed by atoms with E-state index in [1.54, 1.807) is 12.1 Å². The minimum atomic E-state index is -0.404. The zero-order valence-corrected chi connectivity index (χ0v) is 12.1. The quantitative estimate of drug-likeness (QED) is 0.811. The minimum absolute atomic E-state index is 0.246. The van der Waals surface area contributed by atoms with Gasteiger partial charge in [0.25, 0.3) is 0 Å². The summed E-state index contributed by atoms with van der Waals surface area (Å²) in [5, 5.41) is 9.86. The second-order valence-corrected chi connectivity index (χ2v) is 5.80. The Balaban J connectivity index is 2.02. The van der Waals surface area contributed by atoms with E-state index in [4.69, 9.17) is 5.73 Å². The van der Waals surface area contributed by atoms with Gasteiger partial charge in [-0.3, -0.25) is 9.69 Å². The Morgan fingerprint density at radius 1 is 1.40 bits per heavy atom. The molecule has 0 aromatic heterocycles. The Morgan fingerprint density at radius 2 is 2.05 bits per heavy atom. The van der Waals surface area contributed by atoms with Crippen molar-refractivity contribution in [3.05, 3.63) is 35.4 Å². The van der Waals surface area contributed by atoms with Gasteiger partial charge in [-0.1, -0.05) is 12.1 Å². The van der Waals surface area contributed by atoms with Crippen molar-refractivity contribution in [1.82, 2.24) is 9.80 Å². The van der Waals surface area contributed by atoms with Gasteiger partial charge >= 0.3 is 0 Å². The van der Waals surface area contributed by atoms with Gasteiger partial charge in [0.15, 0.2) is 0 Å². The number of hydrogen-bond donors (Lipinski definition) is 2. The summed E-state index contributed by atoms with van der Waals surface area (Å²) < 4.78 is 0. The zero-order valence-electron chi connectivity index (χ0n) is 12.1. The first-order chi connectivity index (χ1) is 9.45. The van der Waals surface area contributed by atoms with Crippen molar-refractivity contribution in [2.75, 3.05) is 27.2 Å². The molecule has 0 bridgehead atoms. The van der Waals surface area contributed by atoms with Crippen LogP contribution >= 0.6 is 0 Å². The highest BCUT2D eigenvalue weighted by Gasteiger charge is 2.30. The molecule has 0 aliphatic carbocycles. The topological polar surface area (TPSA) is 69.8 Å². The lowest BCUT2D eigenvalue weighted by Crippen LogP contribution is -2.37. The van der Waals surface area contributed by atoms with Crippen LogP contribution < -0.4 is 5.73 Å². The van der Waals surface area contributed by atoms with Gasteiger partial charge in [0, 0.05) is 31.2 Å². The van der Waals surface area contributed by atoms with E-state index in [0.717, 1.165) is 25.1 Å². The van der Waals surface area contributed by atoms with E-state index in [9.17, 15) is 9.90 Å². The highest BCUT2D eigenvalue weighted by atomic mass is 16.3. The predicted molar refractivity (Wildman–Crippen MR) is 78.3 cm³/mol. The molecule has 1 aromatic rings. The van der Waals surface area contributed by atoms with E-state index in [-0.39, 0.29) is 6.10 Å². The second kappa shape index (κ2) is 6.35. The van der Waals surface area contributed by atoms with Gasteiger partial charge in [-0.15, -0.1) is 0 Å². The number of aliphatic hydroxyl groups excluding tert-OH is 1. The number of likely N-dealkylation sites (tertiary alicyclic amines) is 1. The van der Waals surface area contributed by atoms with Crippen LogP contribution in [0.1, 0.15) is 22.3 Å². The summed E-state index contributed by atoms with van der Waals surface area (Å²) >= 11 is 0. The molecule has 3 N–H and O–H groups in total. The average Bonchev–Trinajstić information content (AvgIpc) is 2.69. The van der Waals surface area contributed by atoms with Gasteiger partial charge in [0.05, 0.1) is 6.10 Å². The van der Waals surface area contributed by atoms with Crippen molar-refractivity contribution < 1.29 is 9.90 Å². The van der Waals surface area contributed by atoms with Crippen molar-refractivity contribution in [2.24, 2.45) is 5.73 Å². The van der Waals surface area contributed by atoms with E-state index in [1.165, 1.54) is 0 Å². The number of primary amides is 1. The molecular weight excluding hydrogens is 254 g/mol. The molecule has 2 unspecified atom stereocenters. The Labute approximate surface area is 120 Å². The molecule has 1 aromatic carbocycles. The fourth-order valence-corrected chi connectivity index (χ4v) is 2.77. The molecule has 1 amide bonds. The van der Waals surface area contributed by atoms with Crippen molar-refractivity contribution in [3.63, 3.8) is 0 Å². The Bertz CT molecular complexity index is 459. The fourth-order valence-electron chi connectivity index (χ4n) is 2.77. The van der Waals surface area contributed by atoms with E-state index in [1.807, 2.05) is 26.2 Å². The van der Waals surface area contributed by atoms with Crippen LogP contribution in [-0.2, 0) is 6.54 Å².